The molecule has 0 radical (unpaired) electrons. The average molecular weight is 369 g/mol. The first kappa shape index (κ1) is 18.1. The van der Waals surface area contributed by atoms with Gasteiger partial charge in [-0.25, -0.2) is 0 Å². The fourth-order valence-electron chi connectivity index (χ4n) is 3.58. The van der Waals surface area contributed by atoms with Crippen LogP contribution in [0.3, 0.4) is 0 Å². The number of aryl methyl sites for hydroxylation is 1. The van der Waals surface area contributed by atoms with Crippen LogP contribution in [-0.4, -0.2) is 18.7 Å². The fraction of sp³-hybridized carbons (Fsp3) is 0.167. The predicted octanol–water partition coefficient (Wildman–Crippen LogP) is 4.57. The van der Waals surface area contributed by atoms with Crippen LogP contribution in [-0.2, 0) is 11.3 Å². The van der Waals surface area contributed by atoms with Crippen molar-refractivity contribution in [2.75, 3.05) is 12.4 Å². The van der Waals surface area contributed by atoms with E-state index in [2.05, 4.69) is 22.8 Å². The molecule has 1 heterocycles. The molecule has 2 N–H and O–H groups in total. The summed E-state index contributed by atoms with van der Waals surface area (Å²) in [6, 6.07) is 24.1. The first-order chi connectivity index (χ1) is 13.7. The minimum absolute atomic E-state index is 0.0324. The number of aliphatic imine (C=N–C) groups is 1. The van der Waals surface area contributed by atoms with E-state index < -0.39 is 5.92 Å². The zero-order chi connectivity index (χ0) is 19.5. The number of hydrogen-bond donors (Lipinski definition) is 2. The average Bonchev–Trinajstić information content (AvgIpc) is 3.03. The second kappa shape index (κ2) is 7.79. The molecule has 1 atom stereocenters. The maximum absolute atomic E-state index is 12.9. The Morgan fingerprint density at radius 1 is 1.04 bits per heavy atom. The smallest absolute Gasteiger partial charge is 0.238 e. The van der Waals surface area contributed by atoms with Crippen molar-refractivity contribution in [3.8, 4) is 0 Å². The van der Waals surface area contributed by atoms with Gasteiger partial charge in [0.25, 0.3) is 0 Å². The molecule has 140 valence electrons. The number of rotatable bonds is 5. The third-order valence-electron chi connectivity index (χ3n) is 4.95. The van der Waals surface area contributed by atoms with E-state index in [1.165, 1.54) is 5.56 Å². The molecule has 0 saturated carbocycles. The number of amides is 1. The van der Waals surface area contributed by atoms with Gasteiger partial charge in [-0.3, -0.25) is 9.79 Å². The first-order valence-corrected chi connectivity index (χ1v) is 9.44. The summed E-state index contributed by atoms with van der Waals surface area (Å²) in [5.41, 5.74) is 6.73. The van der Waals surface area contributed by atoms with Gasteiger partial charge in [0, 0.05) is 12.2 Å². The molecule has 0 fully saturated rings. The van der Waals surface area contributed by atoms with Crippen molar-refractivity contribution in [2.24, 2.45) is 4.99 Å². The molecule has 1 aliphatic heterocycles. The SMILES string of the molecule is CNCc1ccc(N=C(c2ccccc2)C2C(=O)Nc3cc(C)ccc32)cc1. The minimum Gasteiger partial charge on any atom is -0.325 e. The van der Waals surface area contributed by atoms with E-state index in [4.69, 9.17) is 4.99 Å². The van der Waals surface area contributed by atoms with Crippen molar-refractivity contribution >= 4 is 23.0 Å². The van der Waals surface area contributed by atoms with E-state index in [1.54, 1.807) is 0 Å². The van der Waals surface area contributed by atoms with Gasteiger partial charge in [0.1, 0.15) is 5.92 Å². The van der Waals surface area contributed by atoms with Crippen LogP contribution < -0.4 is 10.6 Å². The molecule has 4 heteroatoms. The lowest BCUT2D eigenvalue weighted by atomic mass is 9.90. The molecule has 1 amide bonds. The molecule has 28 heavy (non-hydrogen) atoms. The van der Waals surface area contributed by atoms with E-state index in [0.29, 0.717) is 0 Å². The van der Waals surface area contributed by atoms with Crippen LogP contribution in [0.15, 0.2) is 77.8 Å². The Morgan fingerprint density at radius 2 is 1.79 bits per heavy atom. The van der Waals surface area contributed by atoms with Gasteiger partial charge < -0.3 is 10.6 Å². The second-order valence-electron chi connectivity index (χ2n) is 7.07. The van der Waals surface area contributed by atoms with E-state index in [1.807, 2.05) is 74.6 Å². The van der Waals surface area contributed by atoms with Crippen molar-refractivity contribution < 1.29 is 4.79 Å². The largest absolute Gasteiger partial charge is 0.325 e. The number of anilines is 1. The highest BCUT2D eigenvalue weighted by Gasteiger charge is 2.35. The molecule has 3 aromatic carbocycles. The van der Waals surface area contributed by atoms with E-state index >= 15 is 0 Å². The van der Waals surface area contributed by atoms with Crippen molar-refractivity contribution in [3.63, 3.8) is 0 Å². The van der Waals surface area contributed by atoms with Crippen LogP contribution >= 0.6 is 0 Å². The van der Waals surface area contributed by atoms with Crippen LogP contribution in [0.2, 0.25) is 0 Å². The zero-order valence-corrected chi connectivity index (χ0v) is 16.1. The van der Waals surface area contributed by atoms with Gasteiger partial charge >= 0.3 is 0 Å². The highest BCUT2D eigenvalue weighted by atomic mass is 16.2. The van der Waals surface area contributed by atoms with Crippen molar-refractivity contribution in [1.29, 1.82) is 0 Å². The van der Waals surface area contributed by atoms with Crippen LogP contribution in [0.1, 0.15) is 28.2 Å². The Hall–Kier alpha value is -3.24. The van der Waals surface area contributed by atoms with Crippen LogP contribution in [0.5, 0.6) is 0 Å². The molecular formula is C24H23N3O. The molecule has 4 rings (SSSR count). The molecule has 0 aliphatic carbocycles. The highest BCUT2D eigenvalue weighted by Crippen LogP contribution is 2.36. The van der Waals surface area contributed by atoms with E-state index in [0.717, 1.165) is 40.3 Å². The Morgan fingerprint density at radius 3 is 2.50 bits per heavy atom. The Bertz CT molecular complexity index is 1020. The molecule has 1 unspecified atom stereocenters. The van der Waals surface area contributed by atoms with E-state index in [-0.39, 0.29) is 5.91 Å². The Balaban J connectivity index is 1.80. The summed E-state index contributed by atoms with van der Waals surface area (Å²) in [6.07, 6.45) is 0. The van der Waals surface area contributed by atoms with Gasteiger partial charge in [-0.05, 0) is 54.4 Å². The van der Waals surface area contributed by atoms with Crippen LogP contribution in [0, 0.1) is 6.92 Å². The summed E-state index contributed by atoms with van der Waals surface area (Å²) in [5, 5.41) is 6.17. The molecule has 1 aliphatic rings. The fourth-order valence-corrected chi connectivity index (χ4v) is 3.58. The van der Waals surface area contributed by atoms with Gasteiger partial charge in [0.15, 0.2) is 0 Å². The Labute approximate surface area is 165 Å². The van der Waals surface area contributed by atoms with Crippen molar-refractivity contribution in [3.05, 3.63) is 95.1 Å². The molecule has 3 aromatic rings. The molecule has 4 nitrogen and oxygen atoms in total. The predicted molar refractivity (Wildman–Crippen MR) is 114 cm³/mol. The quantitative estimate of drug-likeness (QED) is 0.647. The lowest BCUT2D eigenvalue weighted by molar-refractivity contribution is -0.115. The Kier molecular flexibility index (Phi) is 5.04. The standard InChI is InChI=1S/C24H23N3O/c1-16-8-13-20-21(14-16)27-24(28)22(20)23(18-6-4-3-5-7-18)26-19-11-9-17(10-12-19)15-25-2/h3-14,22,25H,15H2,1-2H3,(H,27,28). The summed E-state index contributed by atoms with van der Waals surface area (Å²) in [6.45, 7) is 2.84. The van der Waals surface area contributed by atoms with Gasteiger partial charge in [0.2, 0.25) is 5.91 Å². The molecule has 0 bridgehead atoms. The normalized spacial score (nSPS) is 16.0. The third-order valence-corrected chi connectivity index (χ3v) is 4.95. The first-order valence-electron chi connectivity index (χ1n) is 9.44. The molecule has 0 spiro atoms. The number of fused-ring (bicyclic) bond motifs is 1. The summed E-state index contributed by atoms with van der Waals surface area (Å²) >= 11 is 0. The van der Waals surface area contributed by atoms with Gasteiger partial charge in [-0.2, -0.15) is 0 Å². The number of hydrogen-bond acceptors (Lipinski definition) is 3. The van der Waals surface area contributed by atoms with Crippen molar-refractivity contribution in [2.45, 2.75) is 19.4 Å². The van der Waals surface area contributed by atoms with Gasteiger partial charge in [0.05, 0.1) is 11.4 Å². The topological polar surface area (TPSA) is 53.5 Å². The summed E-state index contributed by atoms with van der Waals surface area (Å²) in [4.78, 5) is 17.8. The molecule has 0 saturated heterocycles. The third kappa shape index (κ3) is 3.59. The highest BCUT2D eigenvalue weighted by molar-refractivity contribution is 6.24. The second-order valence-corrected chi connectivity index (χ2v) is 7.07. The summed E-state index contributed by atoms with van der Waals surface area (Å²) < 4.78 is 0. The van der Waals surface area contributed by atoms with Crippen LogP contribution in [0.25, 0.3) is 0 Å². The van der Waals surface area contributed by atoms with Crippen molar-refractivity contribution in [1.82, 2.24) is 5.32 Å². The molecular weight excluding hydrogens is 346 g/mol. The number of carbonyl (C=O) groups is 1. The van der Waals surface area contributed by atoms with Gasteiger partial charge in [-0.1, -0.05) is 54.6 Å². The maximum atomic E-state index is 12.9. The lowest BCUT2D eigenvalue weighted by Gasteiger charge is -2.14. The number of nitrogens with zero attached hydrogens (tertiary/aromatic N) is 1. The zero-order valence-electron chi connectivity index (χ0n) is 16.1. The summed E-state index contributed by atoms with van der Waals surface area (Å²) in [5.74, 6) is -0.454. The monoisotopic (exact) mass is 369 g/mol. The van der Waals surface area contributed by atoms with Gasteiger partial charge in [-0.15, -0.1) is 0 Å². The van der Waals surface area contributed by atoms with E-state index in [9.17, 15) is 4.79 Å². The molecule has 0 aromatic heterocycles. The maximum Gasteiger partial charge on any atom is 0.238 e. The minimum atomic E-state index is -0.421. The van der Waals surface area contributed by atoms with Crippen LogP contribution in [0.4, 0.5) is 11.4 Å². The number of benzene rings is 3. The summed E-state index contributed by atoms with van der Waals surface area (Å²) in [7, 11) is 1.93. The lowest BCUT2D eigenvalue weighted by Crippen LogP contribution is -2.21. The number of carbonyl (C=O) groups excluding carboxylic acids is 1. The number of nitrogens with one attached hydrogen (secondary N) is 2.